The first-order valence-corrected chi connectivity index (χ1v) is 7.72. The molecular formula is C19H19NO. The molecule has 1 saturated heterocycles. The zero-order chi connectivity index (χ0) is 14.2. The molecule has 0 radical (unpaired) electrons. The Morgan fingerprint density at radius 3 is 2.43 bits per heavy atom. The molecule has 0 spiro atoms. The van der Waals surface area contributed by atoms with Gasteiger partial charge >= 0.3 is 0 Å². The topological polar surface area (TPSA) is 20.3 Å². The number of carbonyl (C=O) groups is 1. The highest BCUT2D eigenvalue weighted by molar-refractivity contribution is 5.80. The number of nitrogens with zero attached hydrogens (tertiary/aromatic N) is 1. The van der Waals surface area contributed by atoms with Crippen LogP contribution in [0.2, 0.25) is 0 Å². The number of benzene rings is 2. The number of hydrogen-bond donors (Lipinski definition) is 0. The van der Waals surface area contributed by atoms with E-state index in [1.807, 2.05) is 0 Å². The summed E-state index contributed by atoms with van der Waals surface area (Å²) < 4.78 is 0. The van der Waals surface area contributed by atoms with Crippen molar-refractivity contribution in [3.05, 3.63) is 71.3 Å². The van der Waals surface area contributed by atoms with Crippen LogP contribution in [0, 0.1) is 0 Å². The second-order valence-corrected chi connectivity index (χ2v) is 6.10. The summed E-state index contributed by atoms with van der Waals surface area (Å²) in [7, 11) is 0. The van der Waals surface area contributed by atoms with Gasteiger partial charge in [0.25, 0.3) is 0 Å². The Kier molecular flexibility index (Phi) is 3.12. The van der Waals surface area contributed by atoms with Crippen LogP contribution in [0.15, 0.2) is 54.6 Å². The van der Waals surface area contributed by atoms with Crippen molar-refractivity contribution in [2.75, 3.05) is 13.1 Å². The predicted molar refractivity (Wildman–Crippen MR) is 83.3 cm³/mol. The van der Waals surface area contributed by atoms with Gasteiger partial charge in [-0.25, -0.2) is 0 Å². The summed E-state index contributed by atoms with van der Waals surface area (Å²) in [5.41, 5.74) is 4.13. The molecule has 0 saturated carbocycles. The van der Waals surface area contributed by atoms with Crippen LogP contribution in [0.5, 0.6) is 0 Å². The summed E-state index contributed by atoms with van der Waals surface area (Å²) in [5.74, 6) is 0.830. The second kappa shape index (κ2) is 5.12. The minimum absolute atomic E-state index is 0.294. The van der Waals surface area contributed by atoms with Gasteiger partial charge in [-0.3, -0.25) is 9.69 Å². The molecule has 2 unspecified atom stereocenters. The van der Waals surface area contributed by atoms with E-state index in [9.17, 15) is 4.79 Å². The quantitative estimate of drug-likeness (QED) is 0.794. The molecule has 1 fully saturated rings. The summed E-state index contributed by atoms with van der Waals surface area (Å²) in [6.07, 6.45) is 1.39. The molecule has 2 nitrogen and oxygen atoms in total. The molecule has 2 atom stereocenters. The molecule has 4 rings (SSSR count). The molecule has 106 valence electrons. The summed E-state index contributed by atoms with van der Waals surface area (Å²) in [6.45, 7) is 1.93. The van der Waals surface area contributed by atoms with Crippen LogP contribution >= 0.6 is 0 Å². The van der Waals surface area contributed by atoms with Crippen molar-refractivity contribution in [2.45, 2.75) is 24.8 Å². The minimum atomic E-state index is 0.294. The summed E-state index contributed by atoms with van der Waals surface area (Å²) in [5, 5.41) is 0. The van der Waals surface area contributed by atoms with E-state index >= 15 is 0 Å². The van der Waals surface area contributed by atoms with E-state index in [4.69, 9.17) is 0 Å². The normalized spacial score (nSPS) is 25.2. The Morgan fingerprint density at radius 2 is 1.62 bits per heavy atom. The van der Waals surface area contributed by atoms with Gasteiger partial charge in [-0.1, -0.05) is 54.6 Å². The van der Waals surface area contributed by atoms with Crippen LogP contribution in [0.25, 0.3) is 0 Å². The number of carbonyl (C=O) groups excluding carboxylic acids is 1. The molecule has 0 N–H and O–H groups in total. The minimum Gasteiger partial charge on any atom is -0.300 e. The average Bonchev–Trinajstić information content (AvgIpc) is 2.55. The second-order valence-electron chi connectivity index (χ2n) is 6.10. The summed E-state index contributed by atoms with van der Waals surface area (Å²) in [6, 6.07) is 19.7. The Bertz CT molecular complexity index is 664. The van der Waals surface area contributed by atoms with Gasteiger partial charge in [0.15, 0.2) is 0 Å². The summed E-state index contributed by atoms with van der Waals surface area (Å²) in [4.78, 5) is 14.4. The van der Waals surface area contributed by atoms with E-state index in [2.05, 4.69) is 59.5 Å². The molecule has 2 aromatic carbocycles. The number of rotatable bonds is 1. The van der Waals surface area contributed by atoms with E-state index in [1.54, 1.807) is 0 Å². The van der Waals surface area contributed by atoms with E-state index in [-0.39, 0.29) is 0 Å². The number of Topliss-reactive ketones (excluding diaryl/α,β-unsaturated/α-hetero) is 1. The SMILES string of the molecule is O=C1CCN2CC(c3ccccc3)c3ccccc3C2C1. The van der Waals surface area contributed by atoms with Crippen molar-refractivity contribution >= 4 is 5.78 Å². The molecule has 2 heteroatoms. The maximum absolute atomic E-state index is 11.9. The Balaban J connectivity index is 1.80. The molecule has 2 aromatic rings. The first-order valence-electron chi connectivity index (χ1n) is 7.72. The standard InChI is InChI=1S/C19H19NO/c21-15-10-11-20-13-18(14-6-2-1-3-7-14)16-8-4-5-9-17(16)19(20)12-15/h1-9,18-19H,10-13H2. The zero-order valence-electron chi connectivity index (χ0n) is 12.0. The molecule has 2 heterocycles. The largest absolute Gasteiger partial charge is 0.300 e. The number of piperidine rings is 1. The molecule has 2 aliphatic rings. The fourth-order valence-corrected chi connectivity index (χ4v) is 3.83. The van der Waals surface area contributed by atoms with Gasteiger partial charge in [-0.15, -0.1) is 0 Å². The van der Waals surface area contributed by atoms with Crippen LogP contribution in [0.3, 0.4) is 0 Å². The fraction of sp³-hybridized carbons (Fsp3) is 0.316. The highest BCUT2D eigenvalue weighted by atomic mass is 16.1. The molecule has 0 aliphatic carbocycles. The first kappa shape index (κ1) is 12.8. The van der Waals surface area contributed by atoms with Gasteiger partial charge in [-0.05, 0) is 16.7 Å². The lowest BCUT2D eigenvalue weighted by Gasteiger charge is -2.43. The molecule has 0 bridgehead atoms. The third-order valence-electron chi connectivity index (χ3n) is 4.89. The van der Waals surface area contributed by atoms with Crippen molar-refractivity contribution in [2.24, 2.45) is 0 Å². The lowest BCUT2D eigenvalue weighted by Crippen LogP contribution is -2.43. The zero-order valence-corrected chi connectivity index (χ0v) is 12.0. The molecular weight excluding hydrogens is 258 g/mol. The van der Waals surface area contributed by atoms with Crippen molar-refractivity contribution in [3.63, 3.8) is 0 Å². The van der Waals surface area contributed by atoms with Crippen LogP contribution in [0.1, 0.15) is 41.5 Å². The van der Waals surface area contributed by atoms with E-state index < -0.39 is 0 Å². The highest BCUT2D eigenvalue weighted by Crippen LogP contribution is 2.42. The Morgan fingerprint density at radius 1 is 0.905 bits per heavy atom. The van der Waals surface area contributed by atoms with Crippen LogP contribution in [-0.2, 0) is 4.79 Å². The van der Waals surface area contributed by atoms with Crippen LogP contribution in [0.4, 0.5) is 0 Å². The van der Waals surface area contributed by atoms with Gasteiger partial charge in [0.2, 0.25) is 0 Å². The third kappa shape index (κ3) is 2.20. The summed E-state index contributed by atoms with van der Waals surface area (Å²) >= 11 is 0. The van der Waals surface area contributed by atoms with Crippen molar-refractivity contribution in [1.82, 2.24) is 4.90 Å². The molecule has 2 aliphatic heterocycles. The highest BCUT2D eigenvalue weighted by Gasteiger charge is 2.36. The lowest BCUT2D eigenvalue weighted by atomic mass is 9.78. The van der Waals surface area contributed by atoms with Gasteiger partial charge in [0.1, 0.15) is 5.78 Å². The van der Waals surface area contributed by atoms with Gasteiger partial charge < -0.3 is 0 Å². The van der Waals surface area contributed by atoms with Crippen molar-refractivity contribution in [3.8, 4) is 0 Å². The number of hydrogen-bond acceptors (Lipinski definition) is 2. The van der Waals surface area contributed by atoms with Gasteiger partial charge in [0.05, 0.1) is 0 Å². The van der Waals surface area contributed by atoms with Gasteiger partial charge in [-0.2, -0.15) is 0 Å². The molecule has 0 aromatic heterocycles. The molecule has 0 amide bonds. The smallest absolute Gasteiger partial charge is 0.136 e. The third-order valence-corrected chi connectivity index (χ3v) is 4.89. The number of ketones is 1. The maximum atomic E-state index is 11.9. The maximum Gasteiger partial charge on any atom is 0.136 e. The van der Waals surface area contributed by atoms with E-state index in [0.29, 0.717) is 30.6 Å². The Labute approximate surface area is 125 Å². The molecule has 21 heavy (non-hydrogen) atoms. The van der Waals surface area contributed by atoms with E-state index in [1.165, 1.54) is 16.7 Å². The van der Waals surface area contributed by atoms with E-state index in [0.717, 1.165) is 13.1 Å². The monoisotopic (exact) mass is 277 g/mol. The van der Waals surface area contributed by atoms with Crippen molar-refractivity contribution < 1.29 is 4.79 Å². The number of fused-ring (bicyclic) bond motifs is 3. The lowest BCUT2D eigenvalue weighted by molar-refractivity contribution is -0.123. The van der Waals surface area contributed by atoms with Gasteiger partial charge in [0, 0.05) is 37.9 Å². The predicted octanol–water partition coefficient (Wildman–Crippen LogP) is 3.54. The fourth-order valence-electron chi connectivity index (χ4n) is 3.83. The Hall–Kier alpha value is -1.93. The van der Waals surface area contributed by atoms with Crippen LogP contribution in [-0.4, -0.2) is 23.8 Å². The van der Waals surface area contributed by atoms with Crippen molar-refractivity contribution in [1.29, 1.82) is 0 Å². The average molecular weight is 277 g/mol. The van der Waals surface area contributed by atoms with Crippen LogP contribution < -0.4 is 0 Å². The first-order chi connectivity index (χ1) is 10.3.